The lowest BCUT2D eigenvalue weighted by atomic mass is 10.1. The van der Waals surface area contributed by atoms with Gasteiger partial charge in [-0.1, -0.05) is 0 Å². The quantitative estimate of drug-likeness (QED) is 0.331. The van der Waals surface area contributed by atoms with E-state index in [1.807, 2.05) is 4.57 Å². The molecule has 3 rings (SSSR count). The largest absolute Gasteiger partial charge is 0.573 e. The Morgan fingerprint density at radius 1 is 1.05 bits per heavy atom. The molecule has 2 aromatic carbocycles. The molecule has 0 aliphatic rings. The summed E-state index contributed by atoms with van der Waals surface area (Å²) in [6.45, 7) is 1.44. The molecule has 3 aromatic rings. The van der Waals surface area contributed by atoms with Crippen molar-refractivity contribution in [1.29, 1.82) is 0 Å². The third-order valence-electron chi connectivity index (χ3n) is 5.30. The van der Waals surface area contributed by atoms with Crippen LogP contribution in [-0.2, 0) is 11.3 Å². The van der Waals surface area contributed by atoms with Crippen molar-refractivity contribution in [2.75, 3.05) is 27.3 Å². The summed E-state index contributed by atoms with van der Waals surface area (Å²) in [5, 5.41) is 4.90. The fourth-order valence-corrected chi connectivity index (χ4v) is 4.45. The molecule has 0 fully saturated rings. The Hall–Kier alpha value is -3.84. The molecule has 13 heteroatoms. The minimum atomic E-state index is -4.79. The van der Waals surface area contributed by atoms with Gasteiger partial charge in [0.05, 0.1) is 25.5 Å². The third kappa shape index (κ3) is 8.08. The first-order valence-corrected chi connectivity index (χ1v) is 12.3. The number of hydrogen-bond acceptors (Lipinski definition) is 7. The average Bonchev–Trinajstić information content (AvgIpc) is 3.26. The predicted molar refractivity (Wildman–Crippen MR) is 135 cm³/mol. The van der Waals surface area contributed by atoms with E-state index in [-0.39, 0.29) is 17.7 Å². The van der Waals surface area contributed by atoms with E-state index in [1.165, 1.54) is 49.8 Å². The molecular formula is C25H27F3N4O5S. The van der Waals surface area contributed by atoms with Crippen molar-refractivity contribution in [2.24, 2.45) is 10.7 Å². The number of aromatic nitrogens is 1. The summed E-state index contributed by atoms with van der Waals surface area (Å²) in [6.07, 6.45) is -3.97. The number of ether oxygens (including phenoxy) is 3. The number of thiazole rings is 1. The molecule has 0 saturated heterocycles. The summed E-state index contributed by atoms with van der Waals surface area (Å²) in [7, 11) is 2.94. The molecular weight excluding hydrogens is 525 g/mol. The molecule has 0 aliphatic heterocycles. The lowest BCUT2D eigenvalue weighted by Crippen LogP contribution is -2.25. The second-order valence-electron chi connectivity index (χ2n) is 7.93. The molecule has 0 atom stereocenters. The van der Waals surface area contributed by atoms with Crippen LogP contribution in [0.15, 0.2) is 52.8 Å². The molecule has 1 heterocycles. The maximum absolute atomic E-state index is 13.1. The van der Waals surface area contributed by atoms with Crippen LogP contribution in [-0.4, -0.2) is 50.1 Å². The molecule has 204 valence electrons. The fraction of sp³-hybridized carbons (Fsp3) is 0.320. The number of alkyl halides is 3. The van der Waals surface area contributed by atoms with Gasteiger partial charge < -0.3 is 29.8 Å². The molecule has 0 unspecified atom stereocenters. The number of benzene rings is 2. The first-order chi connectivity index (χ1) is 18.1. The number of rotatable bonds is 12. The number of carbonyl (C=O) groups is 2. The van der Waals surface area contributed by atoms with Crippen molar-refractivity contribution in [3.8, 4) is 28.5 Å². The van der Waals surface area contributed by atoms with E-state index in [2.05, 4.69) is 15.0 Å². The van der Waals surface area contributed by atoms with Gasteiger partial charge in [-0.15, -0.1) is 24.5 Å². The summed E-state index contributed by atoms with van der Waals surface area (Å²) in [4.78, 5) is 28.7. The molecule has 3 N–H and O–H groups in total. The van der Waals surface area contributed by atoms with Gasteiger partial charge in [-0.2, -0.15) is 4.99 Å². The summed E-state index contributed by atoms with van der Waals surface area (Å²) in [5.74, 6) is -0.443. The van der Waals surface area contributed by atoms with E-state index in [1.54, 1.807) is 23.6 Å². The van der Waals surface area contributed by atoms with Gasteiger partial charge in [0.2, 0.25) is 5.91 Å². The van der Waals surface area contributed by atoms with Gasteiger partial charge in [0, 0.05) is 31.0 Å². The second kappa shape index (κ2) is 13.1. The van der Waals surface area contributed by atoms with Crippen molar-refractivity contribution in [1.82, 2.24) is 9.88 Å². The van der Waals surface area contributed by atoms with Crippen LogP contribution in [0.4, 0.5) is 13.2 Å². The molecule has 2 amide bonds. The number of nitrogens with two attached hydrogens (primary N) is 1. The van der Waals surface area contributed by atoms with Crippen molar-refractivity contribution in [3.05, 3.63) is 58.2 Å². The highest BCUT2D eigenvalue weighted by molar-refractivity contribution is 7.07. The Labute approximate surface area is 220 Å². The minimum absolute atomic E-state index is 0.210. The van der Waals surface area contributed by atoms with Crippen LogP contribution in [0.2, 0.25) is 0 Å². The maximum atomic E-state index is 13.1. The number of nitrogens with zero attached hydrogens (tertiary/aromatic N) is 2. The monoisotopic (exact) mass is 552 g/mol. The standard InChI is InChI=1S/C25H27F3N4O5S/c1-35-18-8-9-19(21(14-18)36-2)23(34)31-24-32(13-3-11-30-12-10-22(29)33)20(15-38-24)16-4-6-17(7-5-16)37-25(26,27)28/h4-9,14-15,30H,3,10-13H2,1-2H3,(H2,29,33)/b31-24-. The molecule has 9 nitrogen and oxygen atoms in total. The fourth-order valence-electron chi connectivity index (χ4n) is 3.51. The van der Waals surface area contributed by atoms with Gasteiger partial charge in [0.25, 0.3) is 5.91 Å². The molecule has 1 aromatic heterocycles. The van der Waals surface area contributed by atoms with Crippen LogP contribution < -0.4 is 30.1 Å². The Morgan fingerprint density at radius 3 is 2.39 bits per heavy atom. The number of primary amides is 1. The molecule has 0 radical (unpaired) electrons. The zero-order chi connectivity index (χ0) is 27.7. The van der Waals surface area contributed by atoms with E-state index in [9.17, 15) is 22.8 Å². The van der Waals surface area contributed by atoms with E-state index >= 15 is 0 Å². The number of hydrogen-bond donors (Lipinski definition) is 2. The van der Waals surface area contributed by atoms with E-state index < -0.39 is 18.2 Å². The zero-order valence-electron chi connectivity index (χ0n) is 20.7. The van der Waals surface area contributed by atoms with Gasteiger partial charge in [-0.25, -0.2) is 0 Å². The summed E-state index contributed by atoms with van der Waals surface area (Å²) < 4.78 is 53.9. The highest BCUT2D eigenvalue weighted by Gasteiger charge is 2.31. The van der Waals surface area contributed by atoms with Gasteiger partial charge in [0.1, 0.15) is 17.2 Å². The molecule has 0 aliphatic carbocycles. The lowest BCUT2D eigenvalue weighted by molar-refractivity contribution is -0.274. The van der Waals surface area contributed by atoms with Crippen LogP contribution in [0.5, 0.6) is 17.2 Å². The highest BCUT2D eigenvalue weighted by atomic mass is 32.1. The zero-order valence-corrected chi connectivity index (χ0v) is 21.5. The molecule has 0 saturated carbocycles. The van der Waals surface area contributed by atoms with Gasteiger partial charge in [0.15, 0.2) is 4.80 Å². The number of carbonyl (C=O) groups excluding carboxylic acids is 2. The minimum Gasteiger partial charge on any atom is -0.497 e. The SMILES string of the molecule is COc1ccc(C(=O)/N=c2\scc(-c3ccc(OC(F)(F)F)cc3)n2CCCNCCC(N)=O)c(OC)c1. The normalized spacial score (nSPS) is 11.9. The highest BCUT2D eigenvalue weighted by Crippen LogP contribution is 2.28. The van der Waals surface area contributed by atoms with Crippen molar-refractivity contribution >= 4 is 23.2 Å². The summed E-state index contributed by atoms with van der Waals surface area (Å²) >= 11 is 1.22. The van der Waals surface area contributed by atoms with E-state index in [0.717, 1.165) is 0 Å². The number of amides is 2. The smallest absolute Gasteiger partial charge is 0.497 e. The van der Waals surface area contributed by atoms with Crippen molar-refractivity contribution in [3.63, 3.8) is 0 Å². The average molecular weight is 553 g/mol. The molecule has 0 bridgehead atoms. The van der Waals surface area contributed by atoms with E-state index in [4.69, 9.17) is 15.2 Å². The van der Waals surface area contributed by atoms with Gasteiger partial charge >= 0.3 is 6.36 Å². The van der Waals surface area contributed by atoms with E-state index in [0.29, 0.717) is 53.6 Å². The van der Waals surface area contributed by atoms with Crippen LogP contribution in [0.1, 0.15) is 23.2 Å². The maximum Gasteiger partial charge on any atom is 0.573 e. The Morgan fingerprint density at radius 2 is 1.76 bits per heavy atom. The van der Waals surface area contributed by atoms with Gasteiger partial charge in [-0.3, -0.25) is 9.59 Å². The second-order valence-corrected chi connectivity index (χ2v) is 8.77. The molecule has 0 spiro atoms. The topological polar surface area (TPSA) is 117 Å². The Balaban J connectivity index is 1.91. The number of halogens is 3. The predicted octanol–water partition coefficient (Wildman–Crippen LogP) is 3.73. The van der Waals surface area contributed by atoms with Crippen molar-refractivity contribution < 1.29 is 37.0 Å². The molecule has 38 heavy (non-hydrogen) atoms. The third-order valence-corrected chi connectivity index (χ3v) is 6.16. The van der Waals surface area contributed by atoms with Crippen LogP contribution in [0.25, 0.3) is 11.3 Å². The van der Waals surface area contributed by atoms with Gasteiger partial charge in [-0.05, 0) is 54.9 Å². The van der Waals surface area contributed by atoms with Crippen LogP contribution >= 0.6 is 11.3 Å². The number of nitrogens with one attached hydrogen (secondary N) is 1. The van der Waals surface area contributed by atoms with Crippen LogP contribution in [0.3, 0.4) is 0 Å². The lowest BCUT2D eigenvalue weighted by Gasteiger charge is -2.12. The first-order valence-electron chi connectivity index (χ1n) is 11.5. The first kappa shape index (κ1) is 28.7. The number of methoxy groups -OCH3 is 2. The van der Waals surface area contributed by atoms with Crippen molar-refractivity contribution in [2.45, 2.75) is 25.7 Å². The summed E-state index contributed by atoms with van der Waals surface area (Å²) in [6, 6.07) is 10.2. The Kier molecular flexibility index (Phi) is 9.91. The summed E-state index contributed by atoms with van der Waals surface area (Å²) in [5.41, 5.74) is 6.68. The van der Waals surface area contributed by atoms with Crippen LogP contribution in [0, 0.1) is 0 Å². The Bertz CT molecular complexity index is 1320.